The number of sulfonamides is 1. The fourth-order valence-corrected chi connectivity index (χ4v) is 5.69. The molecule has 2 aromatic carbocycles. The van der Waals surface area contributed by atoms with Crippen LogP contribution in [0.15, 0.2) is 64.4 Å². The number of thioether (sulfide) groups is 1. The molecule has 0 bridgehead atoms. The van der Waals surface area contributed by atoms with E-state index in [1.165, 1.54) is 16.1 Å². The molecule has 0 aromatic heterocycles. The molecule has 3 rings (SSSR count). The molecule has 150 valence electrons. The van der Waals surface area contributed by atoms with Crippen LogP contribution in [-0.4, -0.2) is 55.0 Å². The highest BCUT2D eigenvalue weighted by atomic mass is 35.5. The van der Waals surface area contributed by atoms with Crippen molar-refractivity contribution in [1.29, 1.82) is 0 Å². The Morgan fingerprint density at radius 1 is 1.04 bits per heavy atom. The van der Waals surface area contributed by atoms with E-state index in [1.807, 2.05) is 31.2 Å². The Morgan fingerprint density at radius 3 is 2.21 bits per heavy atom. The predicted octanol–water partition coefficient (Wildman–Crippen LogP) is 3.74. The number of hydrogen-bond donors (Lipinski definition) is 0. The number of carbonyl (C=O) groups excluding carboxylic acids is 1. The number of carbonyl (C=O) groups is 1. The van der Waals surface area contributed by atoms with Crippen LogP contribution in [0.5, 0.6) is 0 Å². The SMILES string of the molecule is CC[C@H](Sc1ccc(Cl)cc1)C(=O)N1CCN(S(=O)(=O)c2ccccc2)CC1. The van der Waals surface area contributed by atoms with Crippen LogP contribution in [0.2, 0.25) is 5.02 Å². The number of halogens is 1. The molecule has 1 saturated heterocycles. The second kappa shape index (κ2) is 9.31. The molecule has 0 unspecified atom stereocenters. The number of nitrogens with zero attached hydrogens (tertiary/aromatic N) is 2. The molecule has 1 aliphatic heterocycles. The van der Waals surface area contributed by atoms with Gasteiger partial charge in [-0.1, -0.05) is 36.7 Å². The van der Waals surface area contributed by atoms with Gasteiger partial charge in [-0.2, -0.15) is 4.31 Å². The second-order valence-corrected chi connectivity index (χ2v) is 10.2. The minimum atomic E-state index is -3.51. The van der Waals surface area contributed by atoms with E-state index in [4.69, 9.17) is 11.6 Å². The van der Waals surface area contributed by atoms with E-state index in [2.05, 4.69) is 0 Å². The van der Waals surface area contributed by atoms with Gasteiger partial charge in [-0.15, -0.1) is 11.8 Å². The summed E-state index contributed by atoms with van der Waals surface area (Å²) in [7, 11) is -3.51. The van der Waals surface area contributed by atoms with Crippen LogP contribution in [0.25, 0.3) is 0 Å². The summed E-state index contributed by atoms with van der Waals surface area (Å²) in [5.74, 6) is 0.0548. The summed E-state index contributed by atoms with van der Waals surface area (Å²) in [6.07, 6.45) is 0.703. The molecular formula is C20H23ClN2O3S2. The largest absolute Gasteiger partial charge is 0.339 e. The average molecular weight is 439 g/mol. The first-order valence-corrected chi connectivity index (χ1v) is 11.9. The van der Waals surface area contributed by atoms with Crippen molar-refractivity contribution in [2.75, 3.05) is 26.2 Å². The highest BCUT2D eigenvalue weighted by molar-refractivity contribution is 8.00. The molecule has 8 heteroatoms. The van der Waals surface area contributed by atoms with Gasteiger partial charge in [-0.3, -0.25) is 4.79 Å². The van der Waals surface area contributed by atoms with Gasteiger partial charge in [0.2, 0.25) is 15.9 Å². The zero-order chi connectivity index (χ0) is 20.1. The average Bonchev–Trinajstić information content (AvgIpc) is 2.73. The van der Waals surface area contributed by atoms with Crippen LogP contribution < -0.4 is 0 Å². The standard InChI is InChI=1S/C20H23ClN2O3S2/c1-2-19(27-17-10-8-16(21)9-11-17)20(24)22-12-14-23(15-13-22)28(25,26)18-6-4-3-5-7-18/h3-11,19H,2,12-15H2,1H3/t19-/m0/s1. The first-order chi connectivity index (χ1) is 13.4. The molecule has 2 aromatic rings. The van der Waals surface area contributed by atoms with Crippen molar-refractivity contribution in [3.05, 3.63) is 59.6 Å². The normalized spacial score (nSPS) is 16.7. The molecule has 0 spiro atoms. The zero-order valence-electron chi connectivity index (χ0n) is 15.6. The van der Waals surface area contributed by atoms with Crippen molar-refractivity contribution in [3.63, 3.8) is 0 Å². The number of hydrogen-bond acceptors (Lipinski definition) is 4. The second-order valence-electron chi connectivity index (χ2n) is 6.51. The fraction of sp³-hybridized carbons (Fsp3) is 0.350. The molecular weight excluding hydrogens is 416 g/mol. The molecule has 0 aliphatic carbocycles. The minimum absolute atomic E-state index is 0.0548. The number of benzene rings is 2. The summed E-state index contributed by atoms with van der Waals surface area (Å²) in [6.45, 7) is 3.42. The number of piperazine rings is 1. The number of amides is 1. The first kappa shape index (κ1) is 21.2. The lowest BCUT2D eigenvalue weighted by atomic mass is 10.2. The zero-order valence-corrected chi connectivity index (χ0v) is 18.0. The van der Waals surface area contributed by atoms with Gasteiger partial charge in [0, 0.05) is 36.1 Å². The molecule has 1 aliphatic rings. The molecule has 1 heterocycles. The van der Waals surface area contributed by atoms with Gasteiger partial charge in [-0.05, 0) is 42.8 Å². The van der Waals surface area contributed by atoms with Crippen LogP contribution >= 0.6 is 23.4 Å². The van der Waals surface area contributed by atoms with E-state index < -0.39 is 10.0 Å². The monoisotopic (exact) mass is 438 g/mol. The lowest BCUT2D eigenvalue weighted by Crippen LogP contribution is -2.52. The maximum atomic E-state index is 12.9. The van der Waals surface area contributed by atoms with Crippen LogP contribution in [0.3, 0.4) is 0 Å². The third-order valence-electron chi connectivity index (χ3n) is 4.67. The van der Waals surface area contributed by atoms with Crippen LogP contribution in [0, 0.1) is 0 Å². The Bertz CT molecular complexity index is 897. The van der Waals surface area contributed by atoms with Crippen molar-refractivity contribution in [1.82, 2.24) is 9.21 Å². The Balaban J connectivity index is 1.61. The Hall–Kier alpha value is -1.54. The highest BCUT2D eigenvalue weighted by Gasteiger charge is 2.32. The van der Waals surface area contributed by atoms with Crippen LogP contribution in [0.4, 0.5) is 0 Å². The van der Waals surface area contributed by atoms with Crippen molar-refractivity contribution in [3.8, 4) is 0 Å². The summed E-state index contributed by atoms with van der Waals surface area (Å²) in [5.41, 5.74) is 0. The fourth-order valence-electron chi connectivity index (χ4n) is 3.08. The molecule has 28 heavy (non-hydrogen) atoms. The van der Waals surface area contributed by atoms with Gasteiger partial charge in [0.15, 0.2) is 0 Å². The molecule has 1 atom stereocenters. The first-order valence-electron chi connectivity index (χ1n) is 9.18. The van der Waals surface area contributed by atoms with Crippen LogP contribution in [-0.2, 0) is 14.8 Å². The molecule has 0 saturated carbocycles. The summed E-state index contributed by atoms with van der Waals surface area (Å²) >= 11 is 7.44. The topological polar surface area (TPSA) is 57.7 Å². The van der Waals surface area contributed by atoms with Crippen molar-refractivity contribution < 1.29 is 13.2 Å². The summed E-state index contributed by atoms with van der Waals surface area (Å²) in [5, 5.41) is 0.470. The maximum Gasteiger partial charge on any atom is 0.243 e. The van der Waals surface area contributed by atoms with Crippen molar-refractivity contribution in [2.24, 2.45) is 0 Å². The Morgan fingerprint density at radius 2 is 1.64 bits per heavy atom. The highest BCUT2D eigenvalue weighted by Crippen LogP contribution is 2.28. The van der Waals surface area contributed by atoms with E-state index in [1.54, 1.807) is 35.2 Å². The molecule has 0 N–H and O–H groups in total. The lowest BCUT2D eigenvalue weighted by molar-refractivity contribution is -0.131. The number of rotatable bonds is 6. The van der Waals surface area contributed by atoms with E-state index in [-0.39, 0.29) is 11.2 Å². The molecule has 0 radical (unpaired) electrons. The van der Waals surface area contributed by atoms with Gasteiger partial charge < -0.3 is 4.90 Å². The third kappa shape index (κ3) is 4.89. The molecule has 1 amide bonds. The lowest BCUT2D eigenvalue weighted by Gasteiger charge is -2.35. The summed E-state index contributed by atoms with van der Waals surface area (Å²) in [6, 6.07) is 15.9. The van der Waals surface area contributed by atoms with Gasteiger partial charge in [-0.25, -0.2) is 8.42 Å². The van der Waals surface area contributed by atoms with Crippen molar-refractivity contribution in [2.45, 2.75) is 28.4 Å². The van der Waals surface area contributed by atoms with E-state index in [0.29, 0.717) is 42.5 Å². The van der Waals surface area contributed by atoms with Gasteiger partial charge >= 0.3 is 0 Å². The van der Waals surface area contributed by atoms with Gasteiger partial charge in [0.05, 0.1) is 10.1 Å². The third-order valence-corrected chi connectivity index (χ3v) is 8.20. The minimum Gasteiger partial charge on any atom is -0.339 e. The van der Waals surface area contributed by atoms with E-state index in [9.17, 15) is 13.2 Å². The molecule has 5 nitrogen and oxygen atoms in total. The van der Waals surface area contributed by atoms with E-state index >= 15 is 0 Å². The van der Waals surface area contributed by atoms with Gasteiger partial charge in [0.1, 0.15) is 0 Å². The quantitative estimate of drug-likeness (QED) is 0.644. The summed E-state index contributed by atoms with van der Waals surface area (Å²) < 4.78 is 26.9. The van der Waals surface area contributed by atoms with E-state index in [0.717, 1.165) is 4.90 Å². The van der Waals surface area contributed by atoms with Crippen molar-refractivity contribution >= 4 is 39.3 Å². The Kier molecular flexibility index (Phi) is 7.04. The maximum absolute atomic E-state index is 12.9. The smallest absolute Gasteiger partial charge is 0.243 e. The van der Waals surface area contributed by atoms with Crippen LogP contribution in [0.1, 0.15) is 13.3 Å². The van der Waals surface area contributed by atoms with Gasteiger partial charge in [0.25, 0.3) is 0 Å². The summed E-state index contributed by atoms with van der Waals surface area (Å²) in [4.78, 5) is 16.0. The predicted molar refractivity (Wildman–Crippen MR) is 113 cm³/mol. The Labute approximate surface area is 175 Å². The molecule has 1 fully saturated rings.